The van der Waals surface area contributed by atoms with Crippen LogP contribution in [0.5, 0.6) is 0 Å². The maximum Gasteiger partial charge on any atom is 2.00 e. The van der Waals surface area contributed by atoms with E-state index in [1.807, 2.05) is 0 Å². The summed E-state index contributed by atoms with van der Waals surface area (Å²) in [5.41, 5.74) is 7.57. The average Bonchev–Trinajstić information content (AvgIpc) is 3.26. The van der Waals surface area contributed by atoms with Gasteiger partial charge in [-0.1, -0.05) is 49.8 Å². The average molecular weight is 396 g/mol. The molecule has 2 aliphatic rings. The first kappa shape index (κ1) is 19.5. The number of allylic oxidation sites excluding steroid dienone is 4. The van der Waals surface area contributed by atoms with Gasteiger partial charge in [-0.2, -0.15) is 12.1 Å². The minimum Gasteiger partial charge on any atom is -0.269 e. The third kappa shape index (κ3) is 4.42. The van der Waals surface area contributed by atoms with Crippen molar-refractivity contribution in [2.45, 2.75) is 65.7 Å². The third-order valence-electron chi connectivity index (χ3n) is 5.08. The van der Waals surface area contributed by atoms with Gasteiger partial charge in [0, 0.05) is 0 Å². The summed E-state index contributed by atoms with van der Waals surface area (Å²) in [6, 6.07) is 7.03. The summed E-state index contributed by atoms with van der Waals surface area (Å²) in [7, 11) is 0. The fraction of sp³-hybridized carbons (Fsp3) is 0.435. The maximum atomic E-state index is 3.30. The summed E-state index contributed by atoms with van der Waals surface area (Å²) in [5, 5.41) is 2.92. The molecule has 0 heterocycles. The summed E-state index contributed by atoms with van der Waals surface area (Å²) >= 11 is 0. The first-order chi connectivity index (χ1) is 11.2. The Morgan fingerprint density at radius 2 is 2.00 bits per heavy atom. The predicted molar refractivity (Wildman–Crippen MR) is 101 cm³/mol. The summed E-state index contributed by atoms with van der Waals surface area (Å²) in [6.45, 7) is 6.69. The number of rotatable bonds is 3. The van der Waals surface area contributed by atoms with E-state index in [4.69, 9.17) is 0 Å². The van der Waals surface area contributed by atoms with E-state index in [1.54, 1.807) is 11.1 Å². The van der Waals surface area contributed by atoms with Gasteiger partial charge in [0.1, 0.15) is 0 Å². The second-order valence-corrected chi connectivity index (χ2v) is 6.94. The van der Waals surface area contributed by atoms with Gasteiger partial charge in [-0.05, 0) is 26.2 Å². The largest absolute Gasteiger partial charge is 2.00 e. The molecule has 4 rings (SSSR count). The van der Waals surface area contributed by atoms with Gasteiger partial charge in [0.15, 0.2) is 0 Å². The van der Waals surface area contributed by atoms with Gasteiger partial charge < -0.3 is 0 Å². The molecule has 2 aromatic carbocycles. The Labute approximate surface area is 166 Å². The Kier molecular flexibility index (Phi) is 7.36. The normalized spacial score (nSPS) is 14.9. The van der Waals surface area contributed by atoms with Crippen molar-refractivity contribution in [1.29, 1.82) is 0 Å². The Hall–Kier alpha value is -0.807. The molecule has 0 amide bonds. The van der Waals surface area contributed by atoms with E-state index in [0.717, 1.165) is 6.42 Å². The number of hydrogen-bond acceptors (Lipinski definition) is 0. The summed E-state index contributed by atoms with van der Waals surface area (Å²) in [4.78, 5) is 0. The summed E-state index contributed by atoms with van der Waals surface area (Å²) in [5.74, 6) is 0. The van der Waals surface area contributed by atoms with Crippen molar-refractivity contribution in [3.63, 3.8) is 0 Å². The van der Waals surface area contributed by atoms with E-state index in [0.29, 0.717) is 0 Å². The molecule has 124 valence electrons. The first-order valence-electron chi connectivity index (χ1n) is 9.13. The number of unbranched alkanes of at least 4 members (excludes halogenated alkanes) is 1. The molecule has 0 aromatic heterocycles. The number of fused-ring (bicyclic) bond motifs is 2. The molecule has 0 radical (unpaired) electrons. The zero-order chi connectivity index (χ0) is 16.2. The van der Waals surface area contributed by atoms with Gasteiger partial charge in [0.05, 0.1) is 0 Å². The van der Waals surface area contributed by atoms with Gasteiger partial charge in [0.2, 0.25) is 0 Å². The topological polar surface area (TPSA) is 0 Å². The van der Waals surface area contributed by atoms with Crippen molar-refractivity contribution in [3.8, 4) is 0 Å². The molecule has 0 spiro atoms. The van der Waals surface area contributed by atoms with Crippen LogP contribution in [0.25, 0.3) is 10.8 Å². The second-order valence-electron chi connectivity index (χ2n) is 6.94. The zero-order valence-corrected chi connectivity index (χ0v) is 17.8. The van der Waals surface area contributed by atoms with E-state index in [9.17, 15) is 0 Å². The van der Waals surface area contributed by atoms with Crippen LogP contribution >= 0.6 is 0 Å². The summed E-state index contributed by atoms with van der Waals surface area (Å²) in [6.07, 6.45) is 16.5. The molecule has 0 unspecified atom stereocenters. The molecule has 0 atom stereocenters. The fourth-order valence-corrected chi connectivity index (χ4v) is 3.81. The predicted octanol–water partition coefficient (Wildman–Crippen LogP) is 6.53. The van der Waals surface area contributed by atoms with Gasteiger partial charge in [-0.25, -0.2) is 11.6 Å². The molecule has 0 nitrogen and oxygen atoms in total. The van der Waals surface area contributed by atoms with Crippen molar-refractivity contribution >= 4 is 10.8 Å². The number of benzene rings is 1. The fourth-order valence-electron chi connectivity index (χ4n) is 3.81. The van der Waals surface area contributed by atoms with Crippen LogP contribution in [-0.4, -0.2) is 0 Å². The number of hydrogen-bond donors (Lipinski definition) is 0. The van der Waals surface area contributed by atoms with Crippen LogP contribution in [0.2, 0.25) is 0 Å². The molecule has 0 bridgehead atoms. The Bertz CT molecular complexity index is 743. The molecule has 0 saturated heterocycles. The first-order valence-corrected chi connectivity index (χ1v) is 9.13. The minimum atomic E-state index is 0. The number of aryl methyl sites for hydroxylation is 3. The monoisotopic (exact) mass is 394 g/mol. The van der Waals surface area contributed by atoms with E-state index >= 15 is 0 Å². The molecule has 2 aromatic rings. The van der Waals surface area contributed by atoms with Crippen LogP contribution in [0.1, 0.15) is 61.3 Å². The summed E-state index contributed by atoms with van der Waals surface area (Å²) < 4.78 is 0. The van der Waals surface area contributed by atoms with Crippen molar-refractivity contribution in [2.24, 2.45) is 0 Å². The van der Waals surface area contributed by atoms with E-state index in [1.165, 1.54) is 66.0 Å². The van der Waals surface area contributed by atoms with Crippen molar-refractivity contribution in [1.82, 2.24) is 0 Å². The standard InChI is InChI=1S/C14H15.C9H13.Zr/c1-9-6-12-8-11-4-3-5-13(11)10(2)14(12)7-9;1-2-3-6-9-7-4-5-8-9;/h6-8H,3-5H2,1-2H3;4,7H,2-3,5-6H2,1H3;/q2*-1;+2. The van der Waals surface area contributed by atoms with Crippen LogP contribution in [0, 0.1) is 19.9 Å². The SMILES string of the molecule is CCCCC1=[C-]CC=C1.Cc1cc2c(C)c3c(cc2[cH-]1)CCC3.[Zr+2]. The molecule has 0 aliphatic heterocycles. The molecule has 0 fully saturated rings. The zero-order valence-electron chi connectivity index (χ0n) is 15.3. The van der Waals surface area contributed by atoms with Crippen molar-refractivity contribution in [2.75, 3.05) is 0 Å². The van der Waals surface area contributed by atoms with Crippen molar-refractivity contribution < 1.29 is 26.2 Å². The van der Waals surface area contributed by atoms with Gasteiger partial charge >= 0.3 is 26.2 Å². The maximum absolute atomic E-state index is 3.30. The van der Waals surface area contributed by atoms with E-state index in [2.05, 4.69) is 57.2 Å². The van der Waals surface area contributed by atoms with Crippen molar-refractivity contribution in [3.05, 3.63) is 64.3 Å². The van der Waals surface area contributed by atoms with Gasteiger partial charge in [-0.3, -0.25) is 6.08 Å². The molecule has 1 heteroatoms. The molecule has 24 heavy (non-hydrogen) atoms. The second kappa shape index (κ2) is 9.05. The molecular formula is C23H28Zr. The quantitative estimate of drug-likeness (QED) is 0.518. The Morgan fingerprint density at radius 1 is 1.17 bits per heavy atom. The molecule has 0 N–H and O–H groups in total. The Balaban J connectivity index is 0.000000183. The smallest absolute Gasteiger partial charge is 0.269 e. The molecular weight excluding hydrogens is 367 g/mol. The Morgan fingerprint density at radius 3 is 2.71 bits per heavy atom. The van der Waals surface area contributed by atoms with Crippen LogP contribution in [0.15, 0.2) is 35.9 Å². The molecule has 0 saturated carbocycles. The van der Waals surface area contributed by atoms with Crippen LogP contribution in [0.3, 0.4) is 0 Å². The van der Waals surface area contributed by atoms with E-state index < -0.39 is 0 Å². The van der Waals surface area contributed by atoms with Gasteiger partial charge in [-0.15, -0.1) is 34.9 Å². The van der Waals surface area contributed by atoms with Crippen LogP contribution in [-0.2, 0) is 39.0 Å². The van der Waals surface area contributed by atoms with Crippen LogP contribution < -0.4 is 0 Å². The van der Waals surface area contributed by atoms with Gasteiger partial charge in [0.25, 0.3) is 0 Å². The van der Waals surface area contributed by atoms with E-state index in [-0.39, 0.29) is 26.2 Å². The third-order valence-corrected chi connectivity index (χ3v) is 5.08. The van der Waals surface area contributed by atoms with Crippen LogP contribution in [0.4, 0.5) is 0 Å². The minimum absolute atomic E-state index is 0. The molecule has 2 aliphatic carbocycles.